The first-order chi connectivity index (χ1) is 61.5. The third-order valence-corrected chi connectivity index (χ3v) is 27.4. The SMILES string of the molecule is c1ccc(-c2ccc(-c3cc(-c4ccc5c(c4)c4cc(-c6ccccc6)ccc4n5-c4ccccc4)cc(-c4cccc5c4sc4c(-c6ccccc6)cccc45)c3)cc2)cc1.c1ccc(-c2cccc(-c3cc(-c4ccc5c(c4)c4cc(-c6ccccc6)ccc4n5-c4ccccc4)cc(-c4cccc5c4sc4c(-c6ccccc6)cccc45)c3)c2)cc1. The highest BCUT2D eigenvalue weighted by molar-refractivity contribution is 7.27. The van der Waals surface area contributed by atoms with E-state index in [1.807, 2.05) is 22.7 Å². The topological polar surface area (TPSA) is 9.86 Å². The van der Waals surface area contributed by atoms with Gasteiger partial charge in [-0.15, -0.1) is 22.7 Å². The lowest BCUT2D eigenvalue weighted by Crippen LogP contribution is -1.93. The third-order valence-electron chi connectivity index (χ3n) is 24.8. The molecule has 4 aromatic heterocycles. The highest BCUT2D eigenvalue weighted by atomic mass is 32.1. The normalized spacial score (nSPS) is 11.5. The fourth-order valence-electron chi connectivity index (χ4n) is 18.7. The van der Waals surface area contributed by atoms with Gasteiger partial charge in [0.1, 0.15) is 0 Å². The van der Waals surface area contributed by atoms with Crippen LogP contribution < -0.4 is 0 Å². The molecule has 0 unspecified atom stereocenters. The van der Waals surface area contributed by atoms with E-state index in [9.17, 15) is 0 Å². The Bertz CT molecular complexity index is 8150. The number of hydrogen-bond acceptors (Lipinski definition) is 2. The summed E-state index contributed by atoms with van der Waals surface area (Å²) in [6, 6.07) is 173. The van der Waals surface area contributed by atoms with Gasteiger partial charge in [-0.1, -0.05) is 358 Å². The molecule has 124 heavy (non-hydrogen) atoms. The molecule has 24 rings (SSSR count). The monoisotopic (exact) mass is 1610 g/mol. The van der Waals surface area contributed by atoms with Gasteiger partial charge < -0.3 is 9.13 Å². The summed E-state index contributed by atoms with van der Waals surface area (Å²) in [6.07, 6.45) is 0. The Morgan fingerprint density at radius 2 is 0.315 bits per heavy atom. The number of para-hydroxylation sites is 2. The number of rotatable bonds is 14. The maximum Gasteiger partial charge on any atom is 0.0541 e. The van der Waals surface area contributed by atoms with Crippen LogP contribution >= 0.6 is 22.7 Å². The Hall–Kier alpha value is -15.6. The minimum Gasteiger partial charge on any atom is -0.309 e. The molecule has 2 nitrogen and oxygen atoms in total. The van der Waals surface area contributed by atoms with Gasteiger partial charge in [0.05, 0.1) is 22.1 Å². The van der Waals surface area contributed by atoms with Crippen LogP contribution in [0.4, 0.5) is 0 Å². The second-order valence-corrected chi connectivity index (χ2v) is 34.2. The average molecular weight is 1610 g/mol. The maximum atomic E-state index is 2.42. The van der Waals surface area contributed by atoms with Crippen molar-refractivity contribution in [3.8, 4) is 145 Å². The van der Waals surface area contributed by atoms with Gasteiger partial charge in [0.25, 0.3) is 0 Å². The Kier molecular flexibility index (Phi) is 18.7. The van der Waals surface area contributed by atoms with Gasteiger partial charge in [0.2, 0.25) is 0 Å². The molecule has 0 spiro atoms. The van der Waals surface area contributed by atoms with Crippen LogP contribution in [0.3, 0.4) is 0 Å². The fourth-order valence-corrected chi connectivity index (χ4v) is 21.5. The summed E-state index contributed by atoms with van der Waals surface area (Å²) in [4.78, 5) is 0. The molecule has 0 amide bonds. The number of thiophene rings is 2. The van der Waals surface area contributed by atoms with E-state index in [4.69, 9.17) is 0 Å². The van der Waals surface area contributed by atoms with Gasteiger partial charge in [-0.2, -0.15) is 0 Å². The molecular formula is C120H78N2S2. The third kappa shape index (κ3) is 13.5. The number of hydrogen-bond donors (Lipinski definition) is 0. The quantitative estimate of drug-likeness (QED) is 0.103. The van der Waals surface area contributed by atoms with Gasteiger partial charge >= 0.3 is 0 Å². The maximum absolute atomic E-state index is 2.42. The van der Waals surface area contributed by atoms with E-state index in [1.54, 1.807) is 0 Å². The van der Waals surface area contributed by atoms with E-state index in [1.165, 1.54) is 217 Å². The van der Waals surface area contributed by atoms with E-state index < -0.39 is 0 Å². The van der Waals surface area contributed by atoms with E-state index in [2.05, 4.69) is 482 Å². The Morgan fingerprint density at radius 1 is 0.121 bits per heavy atom. The lowest BCUT2D eigenvalue weighted by molar-refractivity contribution is 1.18. The van der Waals surface area contributed by atoms with Crippen LogP contribution in [-0.2, 0) is 0 Å². The Labute approximate surface area is 728 Å². The molecule has 0 atom stereocenters. The summed E-state index contributed by atoms with van der Waals surface area (Å²) in [5.74, 6) is 0. The van der Waals surface area contributed by atoms with Crippen molar-refractivity contribution in [2.75, 3.05) is 0 Å². The van der Waals surface area contributed by atoms with Gasteiger partial charge in [-0.05, 0) is 249 Å². The van der Waals surface area contributed by atoms with E-state index >= 15 is 0 Å². The van der Waals surface area contributed by atoms with Crippen molar-refractivity contribution in [1.82, 2.24) is 9.13 Å². The molecule has 0 aliphatic rings. The molecule has 4 heterocycles. The summed E-state index contributed by atoms with van der Waals surface area (Å²) in [7, 11) is 0. The fraction of sp³-hybridized carbons (Fsp3) is 0. The number of fused-ring (bicyclic) bond motifs is 12. The zero-order chi connectivity index (χ0) is 82.0. The molecular weight excluding hydrogens is 1530 g/mol. The largest absolute Gasteiger partial charge is 0.309 e. The number of nitrogens with zero attached hydrogens (tertiary/aromatic N) is 2. The second kappa shape index (κ2) is 31.5. The summed E-state index contributed by atoms with van der Waals surface area (Å²) >= 11 is 3.82. The van der Waals surface area contributed by atoms with Crippen molar-refractivity contribution >= 4 is 107 Å². The molecule has 0 fully saturated rings. The second-order valence-electron chi connectivity index (χ2n) is 32.2. The lowest BCUT2D eigenvalue weighted by Gasteiger charge is -2.13. The minimum absolute atomic E-state index is 1.15. The minimum atomic E-state index is 1.15. The first kappa shape index (κ1) is 73.6. The van der Waals surface area contributed by atoms with Crippen LogP contribution in [0.1, 0.15) is 0 Å². The number of aromatic nitrogens is 2. The molecule has 20 aromatic carbocycles. The van der Waals surface area contributed by atoms with E-state index in [0.29, 0.717) is 0 Å². The highest BCUT2D eigenvalue weighted by Crippen LogP contribution is 2.50. The Morgan fingerprint density at radius 3 is 0.629 bits per heavy atom. The molecule has 0 saturated heterocycles. The predicted octanol–water partition coefficient (Wildman–Crippen LogP) is 34.3. The number of benzene rings is 20. The van der Waals surface area contributed by atoms with Crippen molar-refractivity contribution in [2.45, 2.75) is 0 Å². The molecule has 0 aliphatic carbocycles. The van der Waals surface area contributed by atoms with Crippen molar-refractivity contribution in [2.24, 2.45) is 0 Å². The summed E-state index contributed by atoms with van der Waals surface area (Å²) in [5, 5.41) is 10.1. The van der Waals surface area contributed by atoms with Gasteiger partial charge in [0.15, 0.2) is 0 Å². The first-order valence-electron chi connectivity index (χ1n) is 42.5. The predicted molar refractivity (Wildman–Crippen MR) is 533 cm³/mol. The molecule has 0 radical (unpaired) electrons. The van der Waals surface area contributed by atoms with Crippen molar-refractivity contribution in [3.63, 3.8) is 0 Å². The molecule has 580 valence electrons. The zero-order valence-electron chi connectivity index (χ0n) is 67.7. The lowest BCUT2D eigenvalue weighted by atomic mass is 9.91. The molecule has 0 aliphatic heterocycles. The van der Waals surface area contributed by atoms with Gasteiger partial charge in [0, 0.05) is 73.3 Å². The van der Waals surface area contributed by atoms with Crippen LogP contribution in [0.25, 0.3) is 229 Å². The first-order valence-corrected chi connectivity index (χ1v) is 44.1. The van der Waals surface area contributed by atoms with Crippen LogP contribution in [0.15, 0.2) is 473 Å². The molecule has 4 heteroatoms. The van der Waals surface area contributed by atoms with Crippen molar-refractivity contribution in [3.05, 3.63) is 473 Å². The zero-order valence-corrected chi connectivity index (χ0v) is 69.4. The van der Waals surface area contributed by atoms with E-state index in [-0.39, 0.29) is 0 Å². The molecule has 0 saturated carbocycles. The van der Waals surface area contributed by atoms with Gasteiger partial charge in [-0.25, -0.2) is 0 Å². The molecule has 24 aromatic rings. The summed E-state index contributed by atoms with van der Waals surface area (Å²) < 4.78 is 10.1. The van der Waals surface area contributed by atoms with Crippen LogP contribution in [0.2, 0.25) is 0 Å². The van der Waals surface area contributed by atoms with Crippen molar-refractivity contribution in [1.29, 1.82) is 0 Å². The van der Waals surface area contributed by atoms with E-state index in [0.717, 1.165) is 11.4 Å². The van der Waals surface area contributed by atoms with Crippen LogP contribution in [0, 0.1) is 0 Å². The van der Waals surface area contributed by atoms with Crippen molar-refractivity contribution < 1.29 is 0 Å². The molecule has 0 N–H and O–H groups in total. The Balaban J connectivity index is 0.000000143. The standard InChI is InChI=1S/2C60H39NS/c1-5-16-40(17-6-1)43-22-13-23-44(34-43)47-35-48(37-49(36-47)52-27-15-29-54-53-28-14-26-51(59(53)62-60(52)54)42-20-9-3-10-21-42)46-31-33-58-56(39-46)55-38-45(41-18-7-2-8-19-41)30-32-57(55)61(58)50-24-11-4-12-25-50;1-5-15-40(16-6-1)42-27-29-43(30-28-42)47-35-48(37-49(36-47)52-24-14-26-54-53-25-13-23-51(59(53)62-60(52)54)44-19-9-3-10-20-44)46-32-34-58-56(39-46)55-38-45(41-17-7-2-8-18-41)31-33-57(55)61(58)50-21-11-4-12-22-50/h2*1-39H. The highest BCUT2D eigenvalue weighted by Gasteiger charge is 2.23. The smallest absolute Gasteiger partial charge is 0.0541 e. The summed E-state index contributed by atoms with van der Waals surface area (Å²) in [5.41, 5.74) is 36.3. The van der Waals surface area contributed by atoms with Crippen LogP contribution in [0.5, 0.6) is 0 Å². The summed E-state index contributed by atoms with van der Waals surface area (Å²) in [6.45, 7) is 0. The molecule has 0 bridgehead atoms. The van der Waals surface area contributed by atoms with Crippen LogP contribution in [-0.4, -0.2) is 9.13 Å². The van der Waals surface area contributed by atoms with Gasteiger partial charge in [-0.3, -0.25) is 0 Å². The average Bonchev–Trinajstić information content (AvgIpc) is 1.58.